The van der Waals surface area contributed by atoms with Crippen LogP contribution in [0.4, 0.5) is 8.78 Å². The molecule has 2 aromatic carbocycles. The number of nitrogens with one attached hydrogen (secondary N) is 2. The Hall–Kier alpha value is -3.44. The Kier molecular flexibility index (Phi) is 7.86. The van der Waals surface area contributed by atoms with Gasteiger partial charge in [0.25, 0.3) is 5.91 Å². The third-order valence-corrected chi connectivity index (χ3v) is 9.51. The van der Waals surface area contributed by atoms with Crippen LogP contribution in [0.1, 0.15) is 60.7 Å². The van der Waals surface area contributed by atoms with E-state index < -0.39 is 36.2 Å². The molecule has 42 heavy (non-hydrogen) atoms. The van der Waals surface area contributed by atoms with Gasteiger partial charge in [-0.2, -0.15) is 8.78 Å². The third kappa shape index (κ3) is 5.76. The number of carbonyl (C=O) groups is 2. The summed E-state index contributed by atoms with van der Waals surface area (Å²) in [5, 5.41) is 3.83. The molecule has 3 heterocycles. The lowest BCUT2D eigenvalue weighted by Gasteiger charge is -2.35. The molecule has 4 aromatic rings. The molecule has 9 nitrogen and oxygen atoms in total. The van der Waals surface area contributed by atoms with Crippen LogP contribution in [0.25, 0.3) is 21.3 Å². The summed E-state index contributed by atoms with van der Waals surface area (Å²) in [5.41, 5.74) is -4.52. The number of rotatable bonds is 7. The van der Waals surface area contributed by atoms with E-state index in [2.05, 4.69) is 15.3 Å². The van der Waals surface area contributed by atoms with Crippen molar-refractivity contribution < 1.29 is 32.7 Å². The molecule has 0 unspecified atom stereocenters. The Morgan fingerprint density at radius 1 is 1.14 bits per heavy atom. The van der Waals surface area contributed by atoms with Crippen molar-refractivity contribution in [1.82, 2.24) is 20.2 Å². The fourth-order valence-electron chi connectivity index (χ4n) is 5.10. The molecule has 222 valence electrons. The van der Waals surface area contributed by atoms with Gasteiger partial charge in [0.1, 0.15) is 16.7 Å². The number of aromatic nitrogens is 2. The predicted octanol–water partition coefficient (Wildman–Crippen LogP) is 6.03. The second-order valence-electron chi connectivity index (χ2n) is 11.5. The molecule has 1 saturated heterocycles. The van der Waals surface area contributed by atoms with Crippen LogP contribution in [0.5, 0.6) is 0 Å². The van der Waals surface area contributed by atoms with Gasteiger partial charge in [0, 0.05) is 29.2 Å². The Balaban J connectivity index is 1.37. The van der Waals surface area contributed by atoms with E-state index in [0.29, 0.717) is 12.1 Å². The summed E-state index contributed by atoms with van der Waals surface area (Å²) < 4.78 is 39.8. The van der Waals surface area contributed by atoms with Crippen molar-refractivity contribution in [3.8, 4) is 10.4 Å². The van der Waals surface area contributed by atoms with Gasteiger partial charge in [0.15, 0.2) is 0 Å². The zero-order valence-electron chi connectivity index (χ0n) is 23.2. The maximum Gasteiger partial charge on any atom is 0.399 e. The first-order chi connectivity index (χ1) is 19.7. The van der Waals surface area contributed by atoms with Gasteiger partial charge in [-0.15, -0.1) is 11.3 Å². The van der Waals surface area contributed by atoms with Crippen LogP contribution in [-0.2, 0) is 15.0 Å². The van der Waals surface area contributed by atoms with Crippen LogP contribution < -0.4 is 5.32 Å². The number of aromatic amines is 1. The molecule has 0 radical (unpaired) electrons. The minimum Gasteiger partial charge on any atom is -0.351 e. The van der Waals surface area contributed by atoms with E-state index in [4.69, 9.17) is 9.79 Å². The van der Waals surface area contributed by atoms with Gasteiger partial charge < -0.3 is 25.0 Å². The van der Waals surface area contributed by atoms with E-state index >= 15 is 0 Å². The molecule has 2 amide bonds. The normalized spacial score (nSPS) is 17.0. The number of hydrogen-bond acceptors (Lipinski definition) is 5. The van der Waals surface area contributed by atoms with Crippen molar-refractivity contribution in [1.29, 1.82) is 0 Å². The van der Waals surface area contributed by atoms with Crippen molar-refractivity contribution in [3.63, 3.8) is 0 Å². The van der Waals surface area contributed by atoms with Gasteiger partial charge >= 0.3 is 13.3 Å². The van der Waals surface area contributed by atoms with Gasteiger partial charge in [-0.1, -0.05) is 57.2 Å². The molecule has 1 aliphatic rings. The summed E-state index contributed by atoms with van der Waals surface area (Å²) in [6.07, 6.45) is 3.36. The summed E-state index contributed by atoms with van der Waals surface area (Å²) in [4.78, 5) is 55.7. The molecule has 2 atom stereocenters. The predicted molar refractivity (Wildman–Crippen MR) is 156 cm³/mol. The molecule has 0 aliphatic carbocycles. The first-order valence-corrected chi connectivity index (χ1v) is 15.8. The lowest BCUT2D eigenvalue weighted by molar-refractivity contribution is -0.136. The average molecular weight is 617 g/mol. The van der Waals surface area contributed by atoms with Crippen molar-refractivity contribution in [2.75, 3.05) is 6.54 Å². The van der Waals surface area contributed by atoms with E-state index in [1.54, 1.807) is 16.2 Å². The number of amides is 2. The van der Waals surface area contributed by atoms with Crippen LogP contribution in [-0.4, -0.2) is 49.1 Å². The zero-order chi connectivity index (χ0) is 30.4. The number of nitrogens with zero attached hydrogens (tertiary/aromatic N) is 2. The summed E-state index contributed by atoms with van der Waals surface area (Å²) >= 11 is 1.54. The van der Waals surface area contributed by atoms with Crippen LogP contribution in [0.15, 0.2) is 60.8 Å². The molecule has 2 aromatic heterocycles. The standard InChI is InChI=1S/C29H31F2N4O5PS/c1-28(2,3)24(27(37)35-13-7-10-22(35)26-32-16-23(42-26)17-8-5-4-6-9-17)34-25(36)21-15-18-14-19(11-12-20(18)33-21)29(30,31)41(38,39)40/h4-6,8-9,11-12,14-16,22,24,33H,7,10,13H2,1-3H3,(H,34,36)(H2,38,39,40)/t22-,24+/m0/s1. The molecule has 0 saturated carbocycles. The van der Waals surface area contributed by atoms with Crippen LogP contribution in [0.2, 0.25) is 0 Å². The number of halogens is 2. The zero-order valence-corrected chi connectivity index (χ0v) is 24.9. The highest BCUT2D eigenvalue weighted by Crippen LogP contribution is 2.59. The molecule has 0 bridgehead atoms. The summed E-state index contributed by atoms with van der Waals surface area (Å²) in [5.74, 6) is -0.853. The first kappa shape index (κ1) is 30.0. The fourth-order valence-corrected chi connectivity index (χ4v) is 6.64. The maximum atomic E-state index is 14.2. The van der Waals surface area contributed by atoms with E-state index in [1.165, 1.54) is 12.1 Å². The van der Waals surface area contributed by atoms with Crippen molar-refractivity contribution in [3.05, 3.63) is 77.1 Å². The highest BCUT2D eigenvalue weighted by molar-refractivity contribution is 7.52. The van der Waals surface area contributed by atoms with E-state index in [9.17, 15) is 22.9 Å². The average Bonchev–Trinajstić information content (AvgIpc) is 3.69. The molecule has 1 fully saturated rings. The lowest BCUT2D eigenvalue weighted by Crippen LogP contribution is -2.54. The number of likely N-dealkylation sites (tertiary alicyclic amines) is 1. The second kappa shape index (κ2) is 11.0. The third-order valence-electron chi connectivity index (χ3n) is 7.37. The highest BCUT2D eigenvalue weighted by atomic mass is 32.1. The van der Waals surface area contributed by atoms with Crippen LogP contribution in [0.3, 0.4) is 0 Å². The number of thiazole rings is 1. The summed E-state index contributed by atoms with van der Waals surface area (Å²) in [6, 6.07) is 13.1. The van der Waals surface area contributed by atoms with Crippen molar-refractivity contribution >= 4 is 41.6 Å². The monoisotopic (exact) mass is 616 g/mol. The minimum atomic E-state index is -5.75. The second-order valence-corrected chi connectivity index (χ2v) is 14.2. The highest BCUT2D eigenvalue weighted by Gasteiger charge is 2.50. The molecular formula is C29H31F2N4O5PS. The number of H-pyrrole nitrogens is 1. The SMILES string of the molecule is CC(C)(C)[C@H](NC(=O)c1cc2cc(C(F)(F)P(=O)(O)O)ccc2[nH]1)C(=O)N1CCC[C@H]1c1ncc(-c2ccccc2)s1. The molecule has 5 rings (SSSR count). The smallest absolute Gasteiger partial charge is 0.351 e. The molecule has 4 N–H and O–H groups in total. The number of hydrogen-bond donors (Lipinski definition) is 4. The lowest BCUT2D eigenvalue weighted by atomic mass is 9.85. The largest absolute Gasteiger partial charge is 0.399 e. The Labute approximate surface area is 245 Å². The van der Waals surface area contributed by atoms with Crippen molar-refractivity contribution in [2.24, 2.45) is 5.41 Å². The van der Waals surface area contributed by atoms with Gasteiger partial charge in [-0.3, -0.25) is 14.2 Å². The van der Waals surface area contributed by atoms with Gasteiger partial charge in [-0.25, -0.2) is 4.98 Å². The Morgan fingerprint density at radius 3 is 2.52 bits per heavy atom. The summed E-state index contributed by atoms with van der Waals surface area (Å²) in [6.45, 7) is 6.06. The van der Waals surface area contributed by atoms with Gasteiger partial charge in [0.2, 0.25) is 5.91 Å². The number of benzene rings is 2. The minimum absolute atomic E-state index is 0.0223. The molecule has 0 spiro atoms. The summed E-state index contributed by atoms with van der Waals surface area (Å²) in [7, 11) is -5.75. The fraction of sp³-hybridized carbons (Fsp3) is 0.345. The van der Waals surface area contributed by atoms with E-state index in [1.807, 2.05) is 57.3 Å². The molecule has 1 aliphatic heterocycles. The Bertz CT molecular complexity index is 1680. The van der Waals surface area contributed by atoms with Gasteiger partial charge in [-0.05, 0) is 42.0 Å². The quantitative estimate of drug-likeness (QED) is 0.187. The maximum absolute atomic E-state index is 14.2. The van der Waals surface area contributed by atoms with Crippen LogP contribution in [0, 0.1) is 5.41 Å². The topological polar surface area (TPSA) is 136 Å². The number of fused-ring (bicyclic) bond motifs is 1. The Morgan fingerprint density at radius 2 is 1.86 bits per heavy atom. The van der Waals surface area contributed by atoms with E-state index in [-0.39, 0.29) is 23.0 Å². The first-order valence-electron chi connectivity index (χ1n) is 13.4. The number of carbonyl (C=O) groups excluding carboxylic acids is 2. The molecular weight excluding hydrogens is 585 g/mol. The number of alkyl halides is 2. The van der Waals surface area contributed by atoms with Gasteiger partial charge in [0.05, 0.1) is 10.9 Å². The van der Waals surface area contributed by atoms with E-state index in [0.717, 1.165) is 40.4 Å². The molecule has 13 heteroatoms. The van der Waals surface area contributed by atoms with Crippen molar-refractivity contribution in [2.45, 2.75) is 51.4 Å². The van der Waals surface area contributed by atoms with Crippen LogP contribution >= 0.6 is 18.9 Å².